The van der Waals surface area contributed by atoms with Gasteiger partial charge in [-0.3, -0.25) is 0 Å². The highest BCUT2D eigenvalue weighted by Crippen LogP contribution is 2.33. The zero-order valence-electron chi connectivity index (χ0n) is 10.1. The van der Waals surface area contributed by atoms with E-state index in [1.54, 1.807) is 18.9 Å². The number of aromatic nitrogens is 2. The molecule has 0 aliphatic rings. The number of rotatable bonds is 5. The number of hydrogen-bond donors (Lipinski definition) is 0. The van der Waals surface area contributed by atoms with Crippen LogP contribution >= 0.6 is 27.7 Å². The lowest BCUT2D eigenvalue weighted by Crippen LogP contribution is -1.87. The minimum Gasteiger partial charge on any atom is -0.496 e. The average Bonchev–Trinajstić information content (AvgIpc) is 2.84. The molecule has 96 valence electrons. The first-order chi connectivity index (χ1) is 8.72. The van der Waals surface area contributed by atoms with Crippen LogP contribution in [0.15, 0.2) is 32.0 Å². The number of halogens is 1. The number of thioether (sulfide) groups is 1. The average molecular weight is 329 g/mol. The van der Waals surface area contributed by atoms with Gasteiger partial charge >= 0.3 is 0 Å². The van der Waals surface area contributed by atoms with Crippen LogP contribution < -0.4 is 4.74 Å². The molecule has 0 N–H and O–H groups in total. The Hall–Kier alpha value is -1.01. The van der Waals surface area contributed by atoms with E-state index in [0.29, 0.717) is 17.5 Å². The quantitative estimate of drug-likeness (QED) is 0.783. The number of aryl methyl sites for hydroxylation is 1. The second-order valence-electron chi connectivity index (χ2n) is 3.53. The van der Waals surface area contributed by atoms with Crippen molar-refractivity contribution >= 4 is 27.7 Å². The van der Waals surface area contributed by atoms with Crippen molar-refractivity contribution in [3.05, 3.63) is 34.5 Å². The Kier molecular flexibility index (Phi) is 4.66. The minimum atomic E-state index is 0.638. The Balaban J connectivity index is 2.07. The van der Waals surface area contributed by atoms with E-state index in [-0.39, 0.29) is 0 Å². The van der Waals surface area contributed by atoms with Gasteiger partial charge < -0.3 is 9.15 Å². The topological polar surface area (TPSA) is 48.2 Å². The van der Waals surface area contributed by atoms with Crippen molar-refractivity contribution < 1.29 is 9.15 Å². The van der Waals surface area contributed by atoms with Crippen LogP contribution in [0, 0.1) is 0 Å². The van der Waals surface area contributed by atoms with Crippen LogP contribution in [0.5, 0.6) is 5.75 Å². The molecule has 0 fully saturated rings. The van der Waals surface area contributed by atoms with Gasteiger partial charge in [0.2, 0.25) is 11.8 Å². The number of benzene rings is 1. The van der Waals surface area contributed by atoms with E-state index in [9.17, 15) is 0 Å². The highest BCUT2D eigenvalue weighted by Gasteiger charge is 2.08. The normalized spacial score (nSPS) is 10.6. The van der Waals surface area contributed by atoms with E-state index >= 15 is 0 Å². The largest absolute Gasteiger partial charge is 0.496 e. The first kappa shape index (κ1) is 13.4. The summed E-state index contributed by atoms with van der Waals surface area (Å²) in [5.74, 6) is 2.80. The van der Waals surface area contributed by atoms with Crippen molar-refractivity contribution in [2.75, 3.05) is 7.11 Å². The first-order valence-corrected chi connectivity index (χ1v) is 7.28. The lowest BCUT2D eigenvalue weighted by molar-refractivity contribution is 0.404. The van der Waals surface area contributed by atoms with Gasteiger partial charge in [-0.1, -0.05) is 22.9 Å². The van der Waals surface area contributed by atoms with Gasteiger partial charge in [-0.15, -0.1) is 22.0 Å². The summed E-state index contributed by atoms with van der Waals surface area (Å²) in [5.41, 5.74) is 0. The molecule has 0 spiro atoms. The van der Waals surface area contributed by atoms with E-state index < -0.39 is 0 Å². The van der Waals surface area contributed by atoms with Crippen molar-refractivity contribution in [3.63, 3.8) is 0 Å². The van der Waals surface area contributed by atoms with Crippen LogP contribution in [0.2, 0.25) is 0 Å². The molecular weight excluding hydrogens is 316 g/mol. The SMILES string of the molecule is CCc1nnc(CSc2cc(Br)ccc2OC)o1. The van der Waals surface area contributed by atoms with Crippen LogP contribution in [0.4, 0.5) is 0 Å². The van der Waals surface area contributed by atoms with Gasteiger partial charge in [0.15, 0.2) is 0 Å². The van der Waals surface area contributed by atoms with E-state index in [4.69, 9.17) is 9.15 Å². The summed E-state index contributed by atoms with van der Waals surface area (Å²) < 4.78 is 11.8. The lowest BCUT2D eigenvalue weighted by atomic mass is 10.3. The van der Waals surface area contributed by atoms with E-state index in [1.807, 2.05) is 25.1 Å². The van der Waals surface area contributed by atoms with Gasteiger partial charge in [-0.2, -0.15) is 0 Å². The smallest absolute Gasteiger partial charge is 0.226 e. The highest BCUT2D eigenvalue weighted by molar-refractivity contribution is 9.10. The van der Waals surface area contributed by atoms with Crippen molar-refractivity contribution in [3.8, 4) is 5.75 Å². The predicted molar refractivity (Wildman–Crippen MR) is 73.9 cm³/mol. The molecule has 18 heavy (non-hydrogen) atoms. The van der Waals surface area contributed by atoms with E-state index in [1.165, 1.54) is 0 Å². The maximum atomic E-state index is 5.46. The Morgan fingerprint density at radius 2 is 2.11 bits per heavy atom. The summed E-state index contributed by atoms with van der Waals surface area (Å²) >= 11 is 5.06. The fourth-order valence-corrected chi connectivity index (χ4v) is 2.80. The summed E-state index contributed by atoms with van der Waals surface area (Å²) in [4.78, 5) is 1.04. The number of nitrogens with zero attached hydrogens (tertiary/aromatic N) is 2. The van der Waals surface area contributed by atoms with Gasteiger partial charge in [-0.25, -0.2) is 0 Å². The van der Waals surface area contributed by atoms with Gasteiger partial charge in [0.05, 0.1) is 17.8 Å². The van der Waals surface area contributed by atoms with Gasteiger partial charge in [0, 0.05) is 10.9 Å². The van der Waals surface area contributed by atoms with Crippen molar-refractivity contribution in [2.24, 2.45) is 0 Å². The second-order valence-corrected chi connectivity index (χ2v) is 5.46. The number of methoxy groups -OCH3 is 1. The number of ether oxygens (including phenoxy) is 1. The highest BCUT2D eigenvalue weighted by atomic mass is 79.9. The second kappa shape index (κ2) is 6.24. The third-order valence-corrected chi connectivity index (χ3v) is 3.80. The molecule has 0 amide bonds. The zero-order chi connectivity index (χ0) is 13.0. The van der Waals surface area contributed by atoms with Gasteiger partial charge in [-0.05, 0) is 18.2 Å². The van der Waals surface area contributed by atoms with Crippen LogP contribution in [0.3, 0.4) is 0 Å². The van der Waals surface area contributed by atoms with Crippen molar-refractivity contribution in [1.29, 1.82) is 0 Å². The fourth-order valence-electron chi connectivity index (χ4n) is 1.39. The molecule has 0 bridgehead atoms. The Morgan fingerprint density at radius 3 is 2.78 bits per heavy atom. The maximum Gasteiger partial charge on any atom is 0.226 e. The summed E-state index contributed by atoms with van der Waals surface area (Å²) in [5, 5.41) is 7.93. The standard InChI is InChI=1S/C12H13BrN2O2S/c1-3-11-14-15-12(17-11)7-18-10-6-8(13)4-5-9(10)16-2/h4-6H,3,7H2,1-2H3. The Labute approximate surface area is 118 Å². The molecule has 0 atom stereocenters. The Morgan fingerprint density at radius 1 is 1.33 bits per heavy atom. The molecule has 0 saturated heterocycles. The molecule has 0 aliphatic heterocycles. The first-order valence-electron chi connectivity index (χ1n) is 5.50. The van der Waals surface area contributed by atoms with Crippen LogP contribution in [0.25, 0.3) is 0 Å². The summed E-state index contributed by atoms with van der Waals surface area (Å²) in [7, 11) is 1.66. The molecule has 1 aromatic heterocycles. The van der Waals surface area contributed by atoms with E-state index in [0.717, 1.165) is 21.5 Å². The molecule has 1 heterocycles. The molecule has 2 aromatic rings. The van der Waals surface area contributed by atoms with Gasteiger partial charge in [0.25, 0.3) is 0 Å². The zero-order valence-corrected chi connectivity index (χ0v) is 12.5. The minimum absolute atomic E-state index is 0.638. The lowest BCUT2D eigenvalue weighted by Gasteiger charge is -2.07. The molecule has 6 heteroatoms. The maximum absolute atomic E-state index is 5.46. The molecular formula is C12H13BrN2O2S. The molecule has 0 aliphatic carbocycles. The molecule has 4 nitrogen and oxygen atoms in total. The molecule has 0 saturated carbocycles. The Bertz CT molecular complexity index is 531. The molecule has 0 unspecified atom stereocenters. The summed E-state index contributed by atoms with van der Waals surface area (Å²) in [6.07, 6.45) is 0.762. The number of hydrogen-bond acceptors (Lipinski definition) is 5. The van der Waals surface area contributed by atoms with Crippen molar-refractivity contribution in [2.45, 2.75) is 24.0 Å². The monoisotopic (exact) mass is 328 g/mol. The predicted octanol–water partition coefficient (Wildman–Crippen LogP) is 3.70. The molecule has 0 radical (unpaired) electrons. The van der Waals surface area contributed by atoms with Crippen LogP contribution in [-0.4, -0.2) is 17.3 Å². The van der Waals surface area contributed by atoms with E-state index in [2.05, 4.69) is 26.1 Å². The third kappa shape index (κ3) is 3.26. The van der Waals surface area contributed by atoms with Crippen LogP contribution in [-0.2, 0) is 12.2 Å². The molecule has 1 aromatic carbocycles. The molecule has 2 rings (SSSR count). The fraction of sp³-hybridized carbons (Fsp3) is 0.333. The summed E-state index contributed by atoms with van der Waals surface area (Å²) in [6.45, 7) is 1.99. The van der Waals surface area contributed by atoms with Crippen molar-refractivity contribution in [1.82, 2.24) is 10.2 Å². The van der Waals surface area contributed by atoms with Crippen LogP contribution in [0.1, 0.15) is 18.7 Å². The van der Waals surface area contributed by atoms with Gasteiger partial charge in [0.1, 0.15) is 5.75 Å². The third-order valence-electron chi connectivity index (χ3n) is 2.29. The summed E-state index contributed by atoms with van der Waals surface area (Å²) in [6, 6.07) is 5.89.